The van der Waals surface area contributed by atoms with Crippen molar-refractivity contribution >= 4 is 17.8 Å². The molecule has 1 unspecified atom stereocenters. The van der Waals surface area contributed by atoms with Gasteiger partial charge in [0.1, 0.15) is 0 Å². The minimum Gasteiger partial charge on any atom is -0.481 e. The van der Waals surface area contributed by atoms with Gasteiger partial charge in [-0.3, -0.25) is 14.4 Å². The quantitative estimate of drug-likeness (QED) is 0.740. The van der Waals surface area contributed by atoms with Crippen LogP contribution in [0, 0.1) is 11.3 Å². The summed E-state index contributed by atoms with van der Waals surface area (Å²) in [5.41, 5.74) is -0.475. The average molecular weight is 298 g/mol. The van der Waals surface area contributed by atoms with E-state index < -0.39 is 17.3 Å². The molecule has 1 saturated carbocycles. The highest BCUT2D eigenvalue weighted by molar-refractivity contribution is 5.82. The molecule has 2 N–H and O–H groups in total. The van der Waals surface area contributed by atoms with Gasteiger partial charge in [0.15, 0.2) is 0 Å². The molecule has 0 bridgehead atoms. The SMILES string of the molecule is CC(CN(C(=O)CCNC(=O)C(C)(C)C)C1CC1)C(=O)O. The maximum absolute atomic E-state index is 12.2. The van der Waals surface area contributed by atoms with Gasteiger partial charge in [0, 0.05) is 31.0 Å². The Kier molecular flexibility index (Phi) is 5.75. The maximum Gasteiger partial charge on any atom is 0.308 e. The first-order chi connectivity index (χ1) is 9.62. The summed E-state index contributed by atoms with van der Waals surface area (Å²) in [5, 5.41) is 11.7. The summed E-state index contributed by atoms with van der Waals surface area (Å²) in [5.74, 6) is -1.64. The second kappa shape index (κ2) is 6.91. The Morgan fingerprint density at radius 2 is 1.86 bits per heavy atom. The number of carboxylic acid groups (broad SMARTS) is 1. The summed E-state index contributed by atoms with van der Waals surface area (Å²) >= 11 is 0. The average Bonchev–Trinajstić information content (AvgIpc) is 3.17. The normalized spacial score (nSPS) is 16.2. The van der Waals surface area contributed by atoms with E-state index in [1.165, 1.54) is 0 Å². The number of aliphatic carboxylic acids is 1. The minimum atomic E-state index is -0.894. The fourth-order valence-electron chi connectivity index (χ4n) is 1.91. The Balaban J connectivity index is 2.44. The third-order valence-corrected chi connectivity index (χ3v) is 3.51. The molecule has 21 heavy (non-hydrogen) atoms. The van der Waals surface area contributed by atoms with Crippen molar-refractivity contribution in [3.05, 3.63) is 0 Å². The van der Waals surface area contributed by atoms with Gasteiger partial charge in [0.2, 0.25) is 11.8 Å². The molecule has 0 radical (unpaired) electrons. The van der Waals surface area contributed by atoms with Crippen molar-refractivity contribution in [2.24, 2.45) is 11.3 Å². The van der Waals surface area contributed by atoms with Crippen LogP contribution in [-0.4, -0.2) is 46.9 Å². The molecule has 1 rings (SSSR count). The molecule has 1 atom stereocenters. The lowest BCUT2D eigenvalue weighted by molar-refractivity contribution is -0.143. The Hall–Kier alpha value is -1.59. The smallest absolute Gasteiger partial charge is 0.308 e. The van der Waals surface area contributed by atoms with Crippen LogP contribution in [0.1, 0.15) is 47.0 Å². The van der Waals surface area contributed by atoms with E-state index in [0.29, 0.717) is 6.54 Å². The minimum absolute atomic E-state index is 0.0835. The summed E-state index contributed by atoms with van der Waals surface area (Å²) < 4.78 is 0. The zero-order valence-corrected chi connectivity index (χ0v) is 13.3. The highest BCUT2D eigenvalue weighted by atomic mass is 16.4. The molecule has 1 aliphatic rings. The summed E-state index contributed by atoms with van der Waals surface area (Å²) in [6, 6.07) is 0.178. The molecule has 120 valence electrons. The monoisotopic (exact) mass is 298 g/mol. The van der Waals surface area contributed by atoms with Crippen molar-refractivity contribution in [3.63, 3.8) is 0 Å². The lowest BCUT2D eigenvalue weighted by Gasteiger charge is -2.25. The number of carbonyl (C=O) groups is 3. The first-order valence-electron chi connectivity index (χ1n) is 7.43. The second-order valence-corrected chi connectivity index (χ2v) is 6.77. The molecule has 0 spiro atoms. The lowest BCUT2D eigenvalue weighted by Crippen LogP contribution is -2.41. The zero-order valence-electron chi connectivity index (χ0n) is 13.3. The number of nitrogens with one attached hydrogen (secondary N) is 1. The van der Waals surface area contributed by atoms with Gasteiger partial charge in [-0.2, -0.15) is 0 Å². The van der Waals surface area contributed by atoms with E-state index in [9.17, 15) is 14.4 Å². The molecular formula is C15H26N2O4. The number of rotatable bonds is 7. The van der Waals surface area contributed by atoms with Crippen molar-refractivity contribution in [1.82, 2.24) is 10.2 Å². The zero-order chi connectivity index (χ0) is 16.2. The standard InChI is InChI=1S/C15H26N2O4/c1-10(13(19)20)9-17(11-5-6-11)12(18)7-8-16-14(21)15(2,3)4/h10-11H,5-9H2,1-4H3,(H,16,21)(H,19,20). The van der Waals surface area contributed by atoms with Crippen molar-refractivity contribution in [1.29, 1.82) is 0 Å². The summed E-state index contributed by atoms with van der Waals surface area (Å²) in [6.45, 7) is 7.58. The van der Waals surface area contributed by atoms with E-state index in [0.717, 1.165) is 12.8 Å². The first kappa shape index (κ1) is 17.5. The summed E-state index contributed by atoms with van der Waals surface area (Å²) in [7, 11) is 0. The Morgan fingerprint density at radius 3 is 2.29 bits per heavy atom. The molecule has 0 saturated heterocycles. The van der Waals surface area contributed by atoms with Gasteiger partial charge in [0.05, 0.1) is 5.92 Å². The topological polar surface area (TPSA) is 86.7 Å². The summed E-state index contributed by atoms with van der Waals surface area (Å²) in [4.78, 5) is 36.5. The van der Waals surface area contributed by atoms with E-state index >= 15 is 0 Å². The van der Waals surface area contributed by atoms with E-state index in [4.69, 9.17) is 5.11 Å². The molecule has 0 aromatic heterocycles. The molecule has 1 fully saturated rings. The number of nitrogens with zero attached hydrogens (tertiary/aromatic N) is 1. The van der Waals surface area contributed by atoms with E-state index in [2.05, 4.69) is 5.32 Å². The fourth-order valence-corrected chi connectivity index (χ4v) is 1.91. The van der Waals surface area contributed by atoms with Crippen LogP contribution in [0.3, 0.4) is 0 Å². The molecule has 6 heteroatoms. The van der Waals surface area contributed by atoms with Crippen LogP contribution >= 0.6 is 0 Å². The summed E-state index contributed by atoms with van der Waals surface area (Å²) in [6.07, 6.45) is 2.09. The van der Waals surface area contributed by atoms with Crippen LogP contribution in [0.2, 0.25) is 0 Å². The number of hydrogen-bond donors (Lipinski definition) is 2. The predicted molar refractivity (Wildman–Crippen MR) is 78.6 cm³/mol. The van der Waals surface area contributed by atoms with Gasteiger partial charge >= 0.3 is 5.97 Å². The van der Waals surface area contributed by atoms with E-state index in [1.54, 1.807) is 11.8 Å². The van der Waals surface area contributed by atoms with E-state index in [1.807, 2.05) is 20.8 Å². The molecule has 0 aromatic carbocycles. The van der Waals surface area contributed by atoms with Crippen molar-refractivity contribution < 1.29 is 19.5 Å². The van der Waals surface area contributed by atoms with Gasteiger partial charge in [0.25, 0.3) is 0 Å². The molecular weight excluding hydrogens is 272 g/mol. The van der Waals surface area contributed by atoms with Gasteiger partial charge in [-0.1, -0.05) is 27.7 Å². The van der Waals surface area contributed by atoms with Crippen molar-refractivity contribution in [3.8, 4) is 0 Å². The number of carbonyl (C=O) groups excluding carboxylic acids is 2. The second-order valence-electron chi connectivity index (χ2n) is 6.77. The molecule has 0 heterocycles. The first-order valence-corrected chi connectivity index (χ1v) is 7.43. The van der Waals surface area contributed by atoms with Gasteiger partial charge < -0.3 is 15.3 Å². The third-order valence-electron chi connectivity index (χ3n) is 3.51. The number of carboxylic acids is 1. The predicted octanol–water partition coefficient (Wildman–Crippen LogP) is 1.25. The Labute approximate surface area is 125 Å². The molecule has 0 aliphatic heterocycles. The highest BCUT2D eigenvalue weighted by Gasteiger charge is 2.34. The molecule has 6 nitrogen and oxygen atoms in total. The molecule has 1 aliphatic carbocycles. The van der Waals surface area contributed by atoms with Crippen molar-refractivity contribution in [2.75, 3.05) is 13.1 Å². The van der Waals surface area contributed by atoms with Crippen LogP contribution in [0.25, 0.3) is 0 Å². The Bertz CT molecular complexity index is 410. The number of hydrogen-bond acceptors (Lipinski definition) is 3. The van der Waals surface area contributed by atoms with Crippen LogP contribution < -0.4 is 5.32 Å². The largest absolute Gasteiger partial charge is 0.481 e. The van der Waals surface area contributed by atoms with E-state index in [-0.39, 0.29) is 30.8 Å². The fraction of sp³-hybridized carbons (Fsp3) is 0.800. The van der Waals surface area contributed by atoms with Crippen LogP contribution in [0.4, 0.5) is 0 Å². The number of amides is 2. The molecule has 2 amide bonds. The Morgan fingerprint density at radius 1 is 1.29 bits per heavy atom. The van der Waals surface area contributed by atoms with Gasteiger partial charge in [-0.15, -0.1) is 0 Å². The van der Waals surface area contributed by atoms with Gasteiger partial charge in [-0.25, -0.2) is 0 Å². The van der Waals surface area contributed by atoms with Crippen LogP contribution in [-0.2, 0) is 14.4 Å². The highest BCUT2D eigenvalue weighted by Crippen LogP contribution is 2.28. The van der Waals surface area contributed by atoms with Gasteiger partial charge in [-0.05, 0) is 12.8 Å². The van der Waals surface area contributed by atoms with Crippen LogP contribution in [0.5, 0.6) is 0 Å². The lowest BCUT2D eigenvalue weighted by atomic mass is 9.96. The maximum atomic E-state index is 12.2. The van der Waals surface area contributed by atoms with Crippen LogP contribution in [0.15, 0.2) is 0 Å². The molecule has 0 aromatic rings. The van der Waals surface area contributed by atoms with Crippen molar-refractivity contribution in [2.45, 2.75) is 53.0 Å². The third kappa shape index (κ3) is 5.73.